The SMILES string of the molecule is CCCCC(=O)CC(C)C(COCCOCCOCCOCC(C(C)CC(=O)CCCC)[SH](=O)=O)[SH](=O)=O. The maximum Gasteiger partial charge on any atom is 0.145 e. The highest BCUT2D eigenvalue weighted by atomic mass is 32.2. The summed E-state index contributed by atoms with van der Waals surface area (Å²) in [7, 11) is -5.40. The van der Waals surface area contributed by atoms with Crippen LogP contribution in [0.1, 0.15) is 79.1 Å². The van der Waals surface area contributed by atoms with Gasteiger partial charge in [0, 0.05) is 25.7 Å². The molecule has 0 radical (unpaired) electrons. The van der Waals surface area contributed by atoms with Gasteiger partial charge in [-0.3, -0.25) is 9.59 Å². The second-order valence-electron chi connectivity index (χ2n) is 9.73. The molecular formula is C26H50O10S2. The van der Waals surface area contributed by atoms with E-state index < -0.39 is 31.9 Å². The minimum absolute atomic E-state index is 0.0273. The predicted molar refractivity (Wildman–Crippen MR) is 148 cm³/mol. The van der Waals surface area contributed by atoms with Crippen molar-refractivity contribution < 1.29 is 45.4 Å². The number of hydrogen-bond donors (Lipinski definition) is 2. The lowest BCUT2D eigenvalue weighted by Gasteiger charge is -2.18. The Hall–Kier alpha value is -0.920. The highest BCUT2D eigenvalue weighted by Crippen LogP contribution is 2.16. The number of ether oxygens (including phenoxy) is 4. The van der Waals surface area contributed by atoms with E-state index in [1.807, 2.05) is 13.8 Å². The van der Waals surface area contributed by atoms with Crippen LogP contribution < -0.4 is 0 Å². The summed E-state index contributed by atoms with van der Waals surface area (Å²) in [5.41, 5.74) is 0. The topological polar surface area (TPSA) is 139 Å². The number of Topliss-reactive ketones (excluding diaryl/α,β-unsaturated/α-hetero) is 2. The molecule has 0 saturated carbocycles. The molecule has 0 bridgehead atoms. The van der Waals surface area contributed by atoms with Gasteiger partial charge < -0.3 is 18.9 Å². The number of hydrogen-bond acceptors (Lipinski definition) is 10. The number of carbonyl (C=O) groups excluding carboxylic acids is 2. The average molecular weight is 587 g/mol. The molecule has 0 heterocycles. The lowest BCUT2D eigenvalue weighted by molar-refractivity contribution is -0.120. The normalized spacial score (nSPS) is 15.0. The van der Waals surface area contributed by atoms with Crippen molar-refractivity contribution in [2.75, 3.05) is 52.9 Å². The molecule has 0 aromatic heterocycles. The van der Waals surface area contributed by atoms with Crippen molar-refractivity contribution in [2.45, 2.75) is 89.6 Å². The van der Waals surface area contributed by atoms with Gasteiger partial charge in [0.25, 0.3) is 0 Å². The summed E-state index contributed by atoms with van der Waals surface area (Å²) in [4.78, 5) is 23.9. The van der Waals surface area contributed by atoms with Crippen LogP contribution in [0.2, 0.25) is 0 Å². The van der Waals surface area contributed by atoms with Gasteiger partial charge in [0.2, 0.25) is 0 Å². The van der Waals surface area contributed by atoms with Crippen molar-refractivity contribution in [3.63, 3.8) is 0 Å². The highest BCUT2D eigenvalue weighted by molar-refractivity contribution is 7.73. The Bertz CT molecular complexity index is 702. The zero-order valence-electron chi connectivity index (χ0n) is 23.6. The fraction of sp³-hybridized carbons (Fsp3) is 0.923. The summed E-state index contributed by atoms with van der Waals surface area (Å²) in [6.07, 6.45) is 4.92. The summed E-state index contributed by atoms with van der Waals surface area (Å²) < 4.78 is 68.0. The quantitative estimate of drug-likeness (QED) is 0.109. The van der Waals surface area contributed by atoms with Crippen LogP contribution in [-0.4, -0.2) is 91.8 Å². The van der Waals surface area contributed by atoms with E-state index in [2.05, 4.69) is 0 Å². The van der Waals surface area contributed by atoms with E-state index in [9.17, 15) is 26.4 Å². The first-order valence-corrected chi connectivity index (χ1v) is 16.2. The largest absolute Gasteiger partial charge is 0.378 e. The van der Waals surface area contributed by atoms with E-state index >= 15 is 0 Å². The van der Waals surface area contributed by atoms with Gasteiger partial charge in [-0.2, -0.15) is 0 Å². The molecule has 0 spiro atoms. The molecule has 0 aliphatic rings. The van der Waals surface area contributed by atoms with Crippen LogP contribution in [0.25, 0.3) is 0 Å². The van der Waals surface area contributed by atoms with Gasteiger partial charge >= 0.3 is 0 Å². The Balaban J connectivity index is 3.94. The van der Waals surface area contributed by atoms with Gasteiger partial charge in [0.15, 0.2) is 0 Å². The van der Waals surface area contributed by atoms with Crippen molar-refractivity contribution in [2.24, 2.45) is 11.8 Å². The monoisotopic (exact) mass is 586 g/mol. The molecule has 0 saturated heterocycles. The molecule has 0 rings (SSSR count). The maximum absolute atomic E-state index is 11.9. The van der Waals surface area contributed by atoms with E-state index in [1.54, 1.807) is 13.8 Å². The molecule has 12 heteroatoms. The number of ketones is 2. The Morgan fingerprint density at radius 3 is 1.18 bits per heavy atom. The summed E-state index contributed by atoms with van der Waals surface area (Å²) in [5, 5.41) is -1.41. The van der Waals surface area contributed by atoms with Crippen molar-refractivity contribution in [3.8, 4) is 0 Å². The Labute approximate surface area is 232 Å². The molecule has 4 unspecified atom stereocenters. The fourth-order valence-corrected chi connectivity index (χ4v) is 5.27. The summed E-state index contributed by atoms with van der Waals surface area (Å²) in [5.74, 6) is -0.421. The van der Waals surface area contributed by atoms with Crippen molar-refractivity contribution in [1.29, 1.82) is 0 Å². The molecule has 0 aliphatic carbocycles. The van der Waals surface area contributed by atoms with Crippen LogP contribution in [0.5, 0.6) is 0 Å². The minimum Gasteiger partial charge on any atom is -0.378 e. The molecule has 0 aromatic carbocycles. The zero-order valence-corrected chi connectivity index (χ0v) is 25.4. The molecule has 10 nitrogen and oxygen atoms in total. The van der Waals surface area contributed by atoms with Crippen LogP contribution in [0.15, 0.2) is 0 Å². The van der Waals surface area contributed by atoms with Crippen LogP contribution in [-0.2, 0) is 49.9 Å². The van der Waals surface area contributed by atoms with E-state index in [0.717, 1.165) is 25.7 Å². The van der Waals surface area contributed by atoms with Crippen molar-refractivity contribution in [1.82, 2.24) is 0 Å². The van der Waals surface area contributed by atoms with E-state index in [0.29, 0.717) is 26.1 Å². The molecule has 0 amide bonds. The van der Waals surface area contributed by atoms with Gasteiger partial charge in [-0.25, -0.2) is 16.8 Å². The van der Waals surface area contributed by atoms with Crippen molar-refractivity contribution >= 4 is 33.0 Å². The van der Waals surface area contributed by atoms with Crippen LogP contribution in [0.3, 0.4) is 0 Å². The number of unbranched alkanes of at least 4 members (excludes halogenated alkanes) is 2. The first-order valence-electron chi connectivity index (χ1n) is 13.7. The zero-order chi connectivity index (χ0) is 28.8. The molecule has 0 aromatic rings. The molecule has 4 atom stereocenters. The maximum atomic E-state index is 11.9. The van der Waals surface area contributed by atoms with Crippen LogP contribution in [0.4, 0.5) is 0 Å². The first kappa shape index (κ1) is 37.1. The third-order valence-corrected chi connectivity index (χ3v) is 8.67. The van der Waals surface area contributed by atoms with Gasteiger partial charge in [0.05, 0.1) is 63.4 Å². The predicted octanol–water partition coefficient (Wildman–Crippen LogP) is 2.58. The molecule has 0 N–H and O–H groups in total. The van der Waals surface area contributed by atoms with Gasteiger partial charge in [-0.05, 0) is 24.7 Å². The number of carbonyl (C=O) groups is 2. The molecule has 0 aliphatic heterocycles. The Morgan fingerprint density at radius 2 is 0.895 bits per heavy atom. The fourth-order valence-electron chi connectivity index (χ4n) is 3.77. The van der Waals surface area contributed by atoms with E-state index in [4.69, 9.17) is 18.9 Å². The minimum atomic E-state index is -2.70. The highest BCUT2D eigenvalue weighted by Gasteiger charge is 2.24. The second-order valence-corrected chi connectivity index (χ2v) is 12.2. The van der Waals surface area contributed by atoms with Crippen LogP contribution >= 0.6 is 0 Å². The van der Waals surface area contributed by atoms with Crippen molar-refractivity contribution in [3.05, 3.63) is 0 Å². The Morgan fingerprint density at radius 1 is 0.579 bits per heavy atom. The first-order chi connectivity index (χ1) is 18.1. The average Bonchev–Trinajstić information content (AvgIpc) is 2.85. The van der Waals surface area contributed by atoms with Gasteiger partial charge in [-0.15, -0.1) is 0 Å². The summed E-state index contributed by atoms with van der Waals surface area (Å²) in [6, 6.07) is 0. The summed E-state index contributed by atoms with van der Waals surface area (Å²) >= 11 is 0. The molecule has 0 fully saturated rings. The molecule has 226 valence electrons. The lowest BCUT2D eigenvalue weighted by Crippen LogP contribution is -2.28. The number of thiol groups is 2. The smallest absolute Gasteiger partial charge is 0.145 e. The van der Waals surface area contributed by atoms with Crippen LogP contribution in [0, 0.1) is 11.8 Å². The standard InChI is InChI=1S/C26H50O10S2/c1-5-7-9-23(27)17-21(3)25(37(29)30)19-35-15-13-33-11-12-34-14-16-36-20-26(38(31)32)22(4)18-24(28)10-8-6-2/h21-22,25-26,37-38H,5-20H2,1-4H3. The third-order valence-electron chi connectivity index (χ3n) is 6.27. The lowest BCUT2D eigenvalue weighted by atomic mass is 9.98. The number of rotatable bonds is 27. The van der Waals surface area contributed by atoms with E-state index in [1.165, 1.54) is 0 Å². The Kier molecular flexibility index (Phi) is 23.3. The van der Waals surface area contributed by atoms with Gasteiger partial charge in [-0.1, -0.05) is 40.5 Å². The second kappa shape index (κ2) is 23.9. The van der Waals surface area contributed by atoms with Gasteiger partial charge in [0.1, 0.15) is 33.0 Å². The molecular weight excluding hydrogens is 536 g/mol. The third kappa shape index (κ3) is 19.2. The summed E-state index contributed by atoms with van der Waals surface area (Å²) in [6.45, 7) is 9.24. The van der Waals surface area contributed by atoms with E-state index in [-0.39, 0.29) is 75.9 Å². The molecule has 38 heavy (non-hydrogen) atoms.